The molecule has 0 bridgehead atoms. The highest BCUT2D eigenvalue weighted by molar-refractivity contribution is 7.13. The number of nitrogens with one attached hydrogen (secondary N) is 1. The quantitative estimate of drug-likeness (QED) is 0.308. The summed E-state index contributed by atoms with van der Waals surface area (Å²) >= 11 is 7.32. The van der Waals surface area contributed by atoms with Crippen LogP contribution >= 0.6 is 22.9 Å². The first-order valence-electron chi connectivity index (χ1n) is 10.1. The summed E-state index contributed by atoms with van der Waals surface area (Å²) in [5.41, 5.74) is 3.54. The van der Waals surface area contributed by atoms with Crippen LogP contribution in [0.4, 0.5) is 0 Å². The molecular weight excluding hydrogens is 472 g/mol. The van der Waals surface area contributed by atoms with Gasteiger partial charge in [-0.25, -0.2) is 15.5 Å². The van der Waals surface area contributed by atoms with Crippen LogP contribution in [-0.2, 0) is 23.7 Å². The molecule has 2 aliphatic rings. The number of nitrogens with zero attached hydrogens (tertiary/aromatic N) is 4. The number of hydrazine groups is 1. The summed E-state index contributed by atoms with van der Waals surface area (Å²) in [4.78, 5) is 16.8. The van der Waals surface area contributed by atoms with Crippen LogP contribution in [0.25, 0.3) is 10.7 Å². The van der Waals surface area contributed by atoms with Gasteiger partial charge in [0.15, 0.2) is 12.4 Å². The predicted octanol–water partition coefficient (Wildman–Crippen LogP) is 1.48. The molecule has 0 aliphatic carbocycles. The van der Waals surface area contributed by atoms with Gasteiger partial charge >= 0.3 is 0 Å². The number of fused-ring (bicyclic) bond motifs is 1. The molecular formula is C20H21ClN6O5S. The van der Waals surface area contributed by atoms with Crippen LogP contribution in [0.3, 0.4) is 0 Å². The first-order valence-corrected chi connectivity index (χ1v) is 11.4. The first-order chi connectivity index (χ1) is 16.1. The number of carbonyl (C=O) groups excluding carboxylic acids is 1. The summed E-state index contributed by atoms with van der Waals surface area (Å²) in [6, 6.07) is 9.00. The SMILES string of the molecule is COC1C(n2cc(-c3nc(Cl)cs3)nn2)[C@H]2OC(c3ccccc3)OCC2O[C@H]1C(=O)NN. The maximum atomic E-state index is 12.5. The van der Waals surface area contributed by atoms with E-state index in [9.17, 15) is 4.79 Å². The summed E-state index contributed by atoms with van der Waals surface area (Å²) < 4.78 is 25.6. The third-order valence-corrected chi connectivity index (χ3v) is 6.80. The lowest BCUT2D eigenvalue weighted by Crippen LogP contribution is -2.63. The van der Waals surface area contributed by atoms with Crippen molar-refractivity contribution < 1.29 is 23.7 Å². The molecule has 4 unspecified atom stereocenters. The molecule has 2 aromatic heterocycles. The molecule has 5 rings (SSSR count). The number of benzene rings is 1. The monoisotopic (exact) mass is 492 g/mol. The number of thiazole rings is 1. The van der Waals surface area contributed by atoms with Crippen molar-refractivity contribution in [3.63, 3.8) is 0 Å². The van der Waals surface area contributed by atoms with Gasteiger partial charge in [-0.3, -0.25) is 10.2 Å². The number of rotatable bonds is 5. The first kappa shape index (κ1) is 22.3. The van der Waals surface area contributed by atoms with Gasteiger partial charge in [-0.1, -0.05) is 47.1 Å². The Bertz CT molecular complexity index is 1110. The zero-order chi connectivity index (χ0) is 22.9. The second-order valence-corrected chi connectivity index (χ2v) is 8.78. The summed E-state index contributed by atoms with van der Waals surface area (Å²) in [5.74, 6) is 4.88. The molecule has 0 radical (unpaired) electrons. The Hall–Kier alpha value is -2.45. The van der Waals surface area contributed by atoms with Gasteiger partial charge in [-0.15, -0.1) is 16.4 Å². The van der Waals surface area contributed by atoms with Gasteiger partial charge in [0.1, 0.15) is 40.2 Å². The highest BCUT2D eigenvalue weighted by atomic mass is 35.5. The van der Waals surface area contributed by atoms with E-state index >= 15 is 0 Å². The van der Waals surface area contributed by atoms with E-state index in [1.807, 2.05) is 30.3 Å². The third-order valence-electron chi connectivity index (χ3n) is 5.61. The lowest BCUT2D eigenvalue weighted by molar-refractivity contribution is -0.314. The van der Waals surface area contributed by atoms with Crippen molar-refractivity contribution in [1.82, 2.24) is 25.4 Å². The van der Waals surface area contributed by atoms with E-state index in [0.29, 0.717) is 15.9 Å². The molecule has 3 N–H and O–H groups in total. The molecule has 2 fully saturated rings. The Balaban J connectivity index is 1.51. The number of amides is 1. The van der Waals surface area contributed by atoms with Crippen LogP contribution in [0.1, 0.15) is 17.9 Å². The Morgan fingerprint density at radius 3 is 2.85 bits per heavy atom. The molecule has 1 amide bonds. The Labute approximate surface area is 197 Å². The van der Waals surface area contributed by atoms with E-state index in [1.165, 1.54) is 18.4 Å². The van der Waals surface area contributed by atoms with Gasteiger partial charge in [-0.2, -0.15) is 0 Å². The second-order valence-electron chi connectivity index (χ2n) is 7.53. The Kier molecular flexibility index (Phi) is 6.38. The van der Waals surface area contributed by atoms with E-state index in [1.54, 1.807) is 16.3 Å². The number of halogens is 1. The van der Waals surface area contributed by atoms with Crippen molar-refractivity contribution in [2.24, 2.45) is 5.84 Å². The third kappa shape index (κ3) is 4.26. The minimum absolute atomic E-state index is 0.204. The summed E-state index contributed by atoms with van der Waals surface area (Å²) in [7, 11) is 1.49. The van der Waals surface area contributed by atoms with Crippen molar-refractivity contribution in [2.75, 3.05) is 13.7 Å². The van der Waals surface area contributed by atoms with Crippen LogP contribution < -0.4 is 11.3 Å². The average molecular weight is 493 g/mol. The highest BCUT2D eigenvalue weighted by Crippen LogP contribution is 2.40. The normalized spacial score (nSPS) is 29.4. The molecule has 13 heteroatoms. The molecule has 0 spiro atoms. The van der Waals surface area contributed by atoms with Gasteiger partial charge in [0.25, 0.3) is 5.91 Å². The fraction of sp³-hybridized carbons (Fsp3) is 0.400. The number of carbonyl (C=O) groups is 1. The maximum absolute atomic E-state index is 12.5. The molecule has 1 aromatic carbocycles. The Morgan fingerprint density at radius 2 is 2.15 bits per heavy atom. The molecule has 6 atom stereocenters. The molecule has 4 heterocycles. The van der Waals surface area contributed by atoms with Crippen LogP contribution in [-0.4, -0.2) is 64.0 Å². The number of hydrogen-bond acceptors (Lipinski definition) is 10. The predicted molar refractivity (Wildman–Crippen MR) is 117 cm³/mol. The second kappa shape index (κ2) is 9.43. The van der Waals surface area contributed by atoms with E-state index < -0.39 is 42.7 Å². The topological polar surface area (TPSA) is 136 Å². The molecule has 2 aliphatic heterocycles. The van der Waals surface area contributed by atoms with Gasteiger partial charge in [0.05, 0.1) is 12.8 Å². The van der Waals surface area contributed by atoms with Gasteiger partial charge in [0.2, 0.25) is 0 Å². The lowest BCUT2D eigenvalue weighted by Gasteiger charge is -2.48. The van der Waals surface area contributed by atoms with E-state index in [0.717, 1.165) is 5.56 Å². The van der Waals surface area contributed by atoms with Gasteiger partial charge in [-0.05, 0) is 0 Å². The zero-order valence-electron chi connectivity index (χ0n) is 17.4. The molecule has 3 aromatic rings. The fourth-order valence-corrected chi connectivity index (χ4v) is 5.03. The molecule has 2 saturated heterocycles. The minimum atomic E-state index is -1.01. The van der Waals surface area contributed by atoms with Crippen molar-refractivity contribution in [3.05, 3.63) is 52.6 Å². The van der Waals surface area contributed by atoms with E-state index in [2.05, 4.69) is 20.7 Å². The Morgan fingerprint density at radius 1 is 1.33 bits per heavy atom. The molecule has 174 valence electrons. The van der Waals surface area contributed by atoms with Crippen LogP contribution in [0.5, 0.6) is 0 Å². The van der Waals surface area contributed by atoms with Crippen LogP contribution in [0.2, 0.25) is 5.15 Å². The van der Waals surface area contributed by atoms with E-state index in [4.69, 9.17) is 36.4 Å². The number of nitrogens with two attached hydrogens (primary N) is 1. The van der Waals surface area contributed by atoms with Crippen molar-refractivity contribution >= 4 is 28.8 Å². The van der Waals surface area contributed by atoms with E-state index in [-0.39, 0.29) is 6.61 Å². The number of ether oxygens (including phenoxy) is 4. The summed E-state index contributed by atoms with van der Waals surface area (Å²) in [5, 5.41) is 11.3. The lowest BCUT2D eigenvalue weighted by atomic mass is 9.91. The summed E-state index contributed by atoms with van der Waals surface area (Å²) in [6.07, 6.45) is -1.78. The van der Waals surface area contributed by atoms with Crippen LogP contribution in [0, 0.1) is 0 Å². The number of methoxy groups -OCH3 is 1. The molecule has 0 saturated carbocycles. The molecule has 11 nitrogen and oxygen atoms in total. The van der Waals surface area contributed by atoms with Crippen LogP contribution in [0.15, 0.2) is 41.9 Å². The zero-order valence-corrected chi connectivity index (χ0v) is 19.0. The maximum Gasteiger partial charge on any atom is 0.265 e. The van der Waals surface area contributed by atoms with Gasteiger partial charge in [0, 0.05) is 18.1 Å². The minimum Gasteiger partial charge on any atom is -0.376 e. The van der Waals surface area contributed by atoms with Gasteiger partial charge < -0.3 is 18.9 Å². The van der Waals surface area contributed by atoms with Crippen molar-refractivity contribution in [1.29, 1.82) is 0 Å². The number of hydrogen-bond donors (Lipinski definition) is 2. The fourth-order valence-electron chi connectivity index (χ4n) is 4.13. The smallest absolute Gasteiger partial charge is 0.265 e. The largest absolute Gasteiger partial charge is 0.376 e. The summed E-state index contributed by atoms with van der Waals surface area (Å²) in [6.45, 7) is 0.204. The highest BCUT2D eigenvalue weighted by Gasteiger charge is 2.53. The van der Waals surface area contributed by atoms with Crippen molar-refractivity contribution in [2.45, 2.75) is 36.7 Å². The number of aromatic nitrogens is 4. The molecule has 33 heavy (non-hydrogen) atoms. The standard InChI is InChI=1S/C20H21ClN6O5S/c1-29-16-14(27-7-11(25-26-27)19-23-13(21)9-33-19)15-12(31-17(16)18(28)24-22)8-30-20(32-15)10-5-3-2-4-6-10/h2-7,9,12,14-17,20H,8,22H2,1H3,(H,24,28)/t12?,14?,15-,16?,17+,20?/m0/s1. The van der Waals surface area contributed by atoms with Crippen molar-refractivity contribution in [3.8, 4) is 10.7 Å². The average Bonchev–Trinajstić information content (AvgIpc) is 3.51.